The lowest BCUT2D eigenvalue weighted by Crippen LogP contribution is -2.04. The zero-order chi connectivity index (χ0) is 20.5. The third-order valence-electron chi connectivity index (χ3n) is 4.72. The molecule has 2 aromatic carbocycles. The Hall–Kier alpha value is -2.77. The van der Waals surface area contributed by atoms with Crippen molar-refractivity contribution in [1.82, 2.24) is 9.97 Å². The number of anilines is 2. The number of nitrogens with zero attached hydrogens (tertiary/aromatic N) is 2. The molecule has 0 radical (unpaired) electrons. The molecule has 7 heteroatoms. The van der Waals surface area contributed by atoms with Crippen LogP contribution in [-0.2, 0) is 0 Å². The SMILES string of the molecule is CC(C)c1ccc(-c2csc3ncnc(Nc4ccc(Br)cc4C(=O)O)c23)cc1. The second-order valence-corrected chi connectivity index (χ2v) is 8.72. The van der Waals surface area contributed by atoms with E-state index >= 15 is 0 Å². The molecule has 146 valence electrons. The molecule has 4 rings (SSSR count). The highest BCUT2D eigenvalue weighted by Crippen LogP contribution is 2.38. The van der Waals surface area contributed by atoms with Crippen LogP contribution < -0.4 is 5.32 Å². The first-order valence-electron chi connectivity index (χ1n) is 9.06. The molecule has 0 amide bonds. The van der Waals surface area contributed by atoms with Crippen LogP contribution in [0.2, 0.25) is 0 Å². The Morgan fingerprint density at radius 2 is 1.90 bits per heavy atom. The lowest BCUT2D eigenvalue weighted by molar-refractivity contribution is 0.0698. The van der Waals surface area contributed by atoms with Crippen molar-refractivity contribution >= 4 is 55.0 Å². The maximum atomic E-state index is 11.7. The molecule has 0 unspecified atom stereocenters. The molecular formula is C22H18BrN3O2S. The Morgan fingerprint density at radius 3 is 2.59 bits per heavy atom. The molecule has 0 bridgehead atoms. The number of rotatable bonds is 5. The molecule has 0 saturated carbocycles. The van der Waals surface area contributed by atoms with E-state index in [-0.39, 0.29) is 5.56 Å². The van der Waals surface area contributed by atoms with Crippen molar-refractivity contribution in [3.05, 3.63) is 69.8 Å². The van der Waals surface area contributed by atoms with Crippen LogP contribution in [0.1, 0.15) is 35.7 Å². The summed E-state index contributed by atoms with van der Waals surface area (Å²) in [5.41, 5.74) is 4.03. The molecule has 0 aliphatic heterocycles. The third kappa shape index (κ3) is 3.88. The Labute approximate surface area is 180 Å². The van der Waals surface area contributed by atoms with Gasteiger partial charge in [-0.2, -0.15) is 0 Å². The fourth-order valence-electron chi connectivity index (χ4n) is 3.16. The summed E-state index contributed by atoms with van der Waals surface area (Å²) in [7, 11) is 0. The number of carboxylic acids is 1. The molecule has 2 N–H and O–H groups in total. The maximum Gasteiger partial charge on any atom is 0.337 e. The zero-order valence-corrected chi connectivity index (χ0v) is 18.2. The van der Waals surface area contributed by atoms with Gasteiger partial charge in [-0.25, -0.2) is 14.8 Å². The monoisotopic (exact) mass is 467 g/mol. The van der Waals surface area contributed by atoms with E-state index in [1.54, 1.807) is 29.5 Å². The maximum absolute atomic E-state index is 11.7. The number of nitrogens with one attached hydrogen (secondary N) is 1. The normalized spacial score (nSPS) is 11.2. The van der Waals surface area contributed by atoms with E-state index in [9.17, 15) is 9.90 Å². The van der Waals surface area contributed by atoms with Crippen LogP contribution in [0.15, 0.2) is 58.6 Å². The molecule has 4 aromatic rings. The average Bonchev–Trinajstić information content (AvgIpc) is 3.14. The van der Waals surface area contributed by atoms with Gasteiger partial charge < -0.3 is 10.4 Å². The fraction of sp³-hybridized carbons (Fsp3) is 0.136. The molecule has 0 fully saturated rings. The minimum absolute atomic E-state index is 0.171. The number of hydrogen-bond acceptors (Lipinski definition) is 5. The minimum atomic E-state index is -1.01. The summed E-state index contributed by atoms with van der Waals surface area (Å²) in [5.74, 6) is 0.0496. The smallest absolute Gasteiger partial charge is 0.337 e. The van der Waals surface area contributed by atoms with Crippen LogP contribution in [0.25, 0.3) is 21.3 Å². The first-order valence-corrected chi connectivity index (χ1v) is 10.7. The molecule has 0 aliphatic carbocycles. The van der Waals surface area contributed by atoms with Crippen molar-refractivity contribution in [1.29, 1.82) is 0 Å². The van der Waals surface area contributed by atoms with Crippen molar-refractivity contribution in [2.75, 3.05) is 5.32 Å². The number of hydrogen-bond donors (Lipinski definition) is 2. The lowest BCUT2D eigenvalue weighted by Gasteiger charge is -2.12. The van der Waals surface area contributed by atoms with Crippen molar-refractivity contribution in [2.24, 2.45) is 0 Å². The summed E-state index contributed by atoms with van der Waals surface area (Å²) < 4.78 is 0.703. The highest BCUT2D eigenvalue weighted by atomic mass is 79.9. The zero-order valence-electron chi connectivity index (χ0n) is 15.8. The summed E-state index contributed by atoms with van der Waals surface area (Å²) in [6, 6.07) is 13.6. The van der Waals surface area contributed by atoms with E-state index in [0.29, 0.717) is 21.9 Å². The molecule has 5 nitrogen and oxygen atoms in total. The van der Waals surface area contributed by atoms with Crippen molar-refractivity contribution in [3.8, 4) is 11.1 Å². The number of halogens is 1. The van der Waals surface area contributed by atoms with Gasteiger partial charge in [0.25, 0.3) is 0 Å². The molecule has 0 spiro atoms. The van der Waals surface area contributed by atoms with Crippen LogP contribution in [0.3, 0.4) is 0 Å². The van der Waals surface area contributed by atoms with Gasteiger partial charge in [0, 0.05) is 15.4 Å². The number of carboxylic acid groups (broad SMARTS) is 1. The Bertz CT molecular complexity index is 1200. The highest BCUT2D eigenvalue weighted by molar-refractivity contribution is 9.10. The van der Waals surface area contributed by atoms with Gasteiger partial charge in [0.15, 0.2) is 0 Å². The molecule has 2 heterocycles. The van der Waals surface area contributed by atoms with Gasteiger partial charge in [0.05, 0.1) is 16.6 Å². The Balaban J connectivity index is 1.81. The average molecular weight is 468 g/mol. The van der Waals surface area contributed by atoms with Crippen molar-refractivity contribution < 1.29 is 9.90 Å². The number of thiophene rings is 1. The summed E-state index contributed by atoms with van der Waals surface area (Å²) in [6.07, 6.45) is 1.49. The minimum Gasteiger partial charge on any atom is -0.478 e. The van der Waals surface area contributed by atoms with Gasteiger partial charge in [-0.15, -0.1) is 11.3 Å². The summed E-state index contributed by atoms with van der Waals surface area (Å²) in [6.45, 7) is 4.34. The fourth-order valence-corrected chi connectivity index (χ4v) is 4.44. The summed E-state index contributed by atoms with van der Waals surface area (Å²) >= 11 is 4.87. The summed E-state index contributed by atoms with van der Waals surface area (Å²) in [5, 5.41) is 15.7. The molecular weight excluding hydrogens is 450 g/mol. The first-order chi connectivity index (χ1) is 13.9. The van der Waals surface area contributed by atoms with Crippen LogP contribution in [0, 0.1) is 0 Å². The van der Waals surface area contributed by atoms with E-state index in [1.165, 1.54) is 11.9 Å². The third-order valence-corrected chi connectivity index (χ3v) is 6.10. The number of carbonyl (C=O) groups is 1. The van der Waals surface area contributed by atoms with Gasteiger partial charge >= 0.3 is 5.97 Å². The molecule has 29 heavy (non-hydrogen) atoms. The second-order valence-electron chi connectivity index (χ2n) is 6.95. The van der Waals surface area contributed by atoms with E-state index in [4.69, 9.17) is 0 Å². The Morgan fingerprint density at radius 1 is 1.14 bits per heavy atom. The van der Waals surface area contributed by atoms with Gasteiger partial charge in [-0.1, -0.05) is 54.0 Å². The number of fused-ring (bicyclic) bond motifs is 1. The van der Waals surface area contributed by atoms with E-state index in [2.05, 4.69) is 74.7 Å². The lowest BCUT2D eigenvalue weighted by atomic mass is 9.99. The van der Waals surface area contributed by atoms with Crippen LogP contribution in [0.4, 0.5) is 11.5 Å². The first kappa shape index (κ1) is 19.5. The highest BCUT2D eigenvalue weighted by Gasteiger charge is 2.16. The molecule has 0 aliphatic rings. The molecule has 2 aromatic heterocycles. The van der Waals surface area contributed by atoms with E-state index in [1.807, 2.05) is 0 Å². The number of aromatic nitrogens is 2. The summed E-state index contributed by atoms with van der Waals surface area (Å²) in [4.78, 5) is 21.3. The van der Waals surface area contributed by atoms with Gasteiger partial charge in [0.1, 0.15) is 17.0 Å². The topological polar surface area (TPSA) is 75.1 Å². The van der Waals surface area contributed by atoms with Crippen LogP contribution >= 0.6 is 27.3 Å². The van der Waals surface area contributed by atoms with Crippen molar-refractivity contribution in [3.63, 3.8) is 0 Å². The second kappa shape index (κ2) is 7.93. The quantitative estimate of drug-likeness (QED) is 0.342. The van der Waals surface area contributed by atoms with Crippen molar-refractivity contribution in [2.45, 2.75) is 19.8 Å². The predicted octanol–water partition coefficient (Wildman–Crippen LogP) is 6.69. The van der Waals surface area contributed by atoms with Gasteiger partial charge in [0.2, 0.25) is 0 Å². The van der Waals surface area contributed by atoms with Crippen LogP contribution in [-0.4, -0.2) is 21.0 Å². The van der Waals surface area contributed by atoms with Crippen LogP contribution in [0.5, 0.6) is 0 Å². The Kier molecular flexibility index (Phi) is 5.34. The largest absolute Gasteiger partial charge is 0.478 e. The van der Waals surface area contributed by atoms with Gasteiger partial charge in [-0.05, 0) is 35.2 Å². The molecule has 0 saturated heterocycles. The predicted molar refractivity (Wildman–Crippen MR) is 121 cm³/mol. The molecule has 0 atom stereocenters. The van der Waals surface area contributed by atoms with E-state index in [0.717, 1.165) is 21.3 Å². The standard InChI is InChI=1S/C22H18BrN3O2S/c1-12(2)13-3-5-14(6-4-13)17-10-29-21-19(17)20(24-11-25-21)26-18-8-7-15(23)9-16(18)22(27)28/h3-12H,1-2H3,(H,27,28)(H,24,25,26). The van der Waals surface area contributed by atoms with E-state index < -0.39 is 5.97 Å². The number of aromatic carboxylic acids is 1. The van der Waals surface area contributed by atoms with Gasteiger partial charge in [-0.3, -0.25) is 0 Å². The number of benzene rings is 2.